The number of hydrogen-bond donors (Lipinski definition) is 1. The van der Waals surface area contributed by atoms with Crippen molar-refractivity contribution in [2.24, 2.45) is 13.0 Å². The van der Waals surface area contributed by atoms with Crippen LogP contribution in [-0.2, 0) is 13.5 Å². The van der Waals surface area contributed by atoms with Crippen LogP contribution in [0.15, 0.2) is 12.3 Å². The highest BCUT2D eigenvalue weighted by Gasteiger charge is 2.09. The van der Waals surface area contributed by atoms with Crippen LogP contribution in [0.3, 0.4) is 0 Å². The lowest BCUT2D eigenvalue weighted by Gasteiger charge is -2.19. The molecular formula is C14H27N3. The van der Waals surface area contributed by atoms with Crippen molar-refractivity contribution in [1.29, 1.82) is 0 Å². The fourth-order valence-corrected chi connectivity index (χ4v) is 2.34. The molecular weight excluding hydrogens is 210 g/mol. The van der Waals surface area contributed by atoms with Gasteiger partial charge in [0.05, 0.1) is 0 Å². The van der Waals surface area contributed by atoms with Crippen molar-refractivity contribution in [3.05, 3.63) is 18.0 Å². The Morgan fingerprint density at radius 1 is 1.41 bits per heavy atom. The lowest BCUT2D eigenvalue weighted by atomic mass is 9.98. The molecule has 0 aliphatic heterocycles. The lowest BCUT2D eigenvalue weighted by Crippen LogP contribution is -2.30. The molecule has 1 N–H and O–H groups in total. The van der Waals surface area contributed by atoms with Crippen LogP contribution in [0, 0.1) is 5.92 Å². The summed E-state index contributed by atoms with van der Waals surface area (Å²) in [5.41, 5.74) is 1.34. The molecule has 1 heterocycles. The van der Waals surface area contributed by atoms with Crippen LogP contribution in [0.4, 0.5) is 0 Å². The average molecular weight is 237 g/mol. The van der Waals surface area contributed by atoms with Gasteiger partial charge in [0.25, 0.3) is 0 Å². The summed E-state index contributed by atoms with van der Waals surface area (Å²) >= 11 is 0. The SMILES string of the molecule is CCNC(CCCc1ccnn1C)CC(C)C. The number of nitrogens with one attached hydrogen (secondary N) is 1. The van der Waals surface area contributed by atoms with Crippen LogP contribution >= 0.6 is 0 Å². The molecule has 0 aliphatic carbocycles. The van der Waals surface area contributed by atoms with E-state index in [1.807, 2.05) is 17.9 Å². The average Bonchev–Trinajstić information content (AvgIpc) is 2.64. The Morgan fingerprint density at radius 3 is 2.71 bits per heavy atom. The highest BCUT2D eigenvalue weighted by molar-refractivity contribution is 4.99. The zero-order chi connectivity index (χ0) is 12.7. The van der Waals surface area contributed by atoms with Crippen LogP contribution in [0.2, 0.25) is 0 Å². The van der Waals surface area contributed by atoms with Gasteiger partial charge in [-0.05, 0) is 44.2 Å². The normalized spacial score (nSPS) is 13.2. The lowest BCUT2D eigenvalue weighted by molar-refractivity contribution is 0.396. The second-order valence-electron chi connectivity index (χ2n) is 5.22. The highest BCUT2D eigenvalue weighted by Crippen LogP contribution is 2.12. The first-order valence-corrected chi connectivity index (χ1v) is 6.83. The van der Waals surface area contributed by atoms with Gasteiger partial charge in [-0.1, -0.05) is 20.8 Å². The van der Waals surface area contributed by atoms with E-state index in [0.29, 0.717) is 6.04 Å². The Kier molecular flexibility index (Phi) is 6.27. The van der Waals surface area contributed by atoms with Gasteiger partial charge < -0.3 is 5.32 Å². The molecule has 98 valence electrons. The van der Waals surface area contributed by atoms with Crippen LogP contribution < -0.4 is 5.32 Å². The number of hydrogen-bond acceptors (Lipinski definition) is 2. The molecule has 0 aromatic carbocycles. The molecule has 0 saturated carbocycles. The number of nitrogens with zero attached hydrogens (tertiary/aromatic N) is 2. The van der Waals surface area contributed by atoms with Gasteiger partial charge in [-0.25, -0.2) is 0 Å². The van der Waals surface area contributed by atoms with E-state index in [0.717, 1.165) is 18.9 Å². The monoisotopic (exact) mass is 237 g/mol. The predicted octanol–water partition coefficient (Wildman–Crippen LogP) is 2.77. The Labute approximate surface area is 106 Å². The molecule has 1 atom stereocenters. The maximum absolute atomic E-state index is 4.20. The highest BCUT2D eigenvalue weighted by atomic mass is 15.2. The largest absolute Gasteiger partial charge is 0.314 e. The molecule has 3 heteroatoms. The maximum Gasteiger partial charge on any atom is 0.0492 e. The molecule has 0 saturated heterocycles. The van der Waals surface area contributed by atoms with Gasteiger partial charge in [-0.2, -0.15) is 5.10 Å². The summed E-state index contributed by atoms with van der Waals surface area (Å²) in [4.78, 5) is 0. The Hall–Kier alpha value is -0.830. The van der Waals surface area contributed by atoms with E-state index in [2.05, 4.69) is 37.3 Å². The van der Waals surface area contributed by atoms with Crippen molar-refractivity contribution in [1.82, 2.24) is 15.1 Å². The third-order valence-electron chi connectivity index (χ3n) is 3.16. The van der Waals surface area contributed by atoms with Crippen LogP contribution in [0.25, 0.3) is 0 Å². The van der Waals surface area contributed by atoms with E-state index in [1.54, 1.807) is 0 Å². The quantitative estimate of drug-likeness (QED) is 0.753. The summed E-state index contributed by atoms with van der Waals surface area (Å²) in [6.45, 7) is 7.86. The second kappa shape index (κ2) is 7.49. The maximum atomic E-state index is 4.20. The smallest absolute Gasteiger partial charge is 0.0492 e. The first kappa shape index (κ1) is 14.2. The third kappa shape index (κ3) is 5.35. The first-order chi connectivity index (χ1) is 8.13. The Balaban J connectivity index is 2.29. The standard InChI is InChI=1S/C14H27N3/c1-5-15-13(11-12(2)3)7-6-8-14-9-10-16-17(14)4/h9-10,12-13,15H,5-8,11H2,1-4H3. The summed E-state index contributed by atoms with van der Waals surface area (Å²) in [5.74, 6) is 0.774. The van der Waals surface area contributed by atoms with Crippen molar-refractivity contribution < 1.29 is 0 Å². The minimum absolute atomic E-state index is 0.674. The van der Waals surface area contributed by atoms with Gasteiger partial charge in [-0.15, -0.1) is 0 Å². The Bertz CT molecular complexity index is 304. The van der Waals surface area contributed by atoms with Gasteiger partial charge in [0.15, 0.2) is 0 Å². The fraction of sp³-hybridized carbons (Fsp3) is 0.786. The predicted molar refractivity (Wildman–Crippen MR) is 73.1 cm³/mol. The molecule has 1 unspecified atom stereocenters. The zero-order valence-electron chi connectivity index (χ0n) is 11.7. The van der Waals surface area contributed by atoms with Gasteiger partial charge >= 0.3 is 0 Å². The number of aryl methyl sites for hydroxylation is 2. The number of rotatable bonds is 8. The summed E-state index contributed by atoms with van der Waals surface area (Å²) in [6.07, 6.45) is 6.79. The minimum Gasteiger partial charge on any atom is -0.314 e. The van der Waals surface area contributed by atoms with Crippen LogP contribution in [0.1, 0.15) is 45.7 Å². The van der Waals surface area contributed by atoms with Gasteiger partial charge in [0.2, 0.25) is 0 Å². The molecule has 0 radical (unpaired) electrons. The number of aromatic nitrogens is 2. The minimum atomic E-state index is 0.674. The molecule has 1 rings (SSSR count). The van der Waals surface area contributed by atoms with Crippen LogP contribution in [0.5, 0.6) is 0 Å². The third-order valence-corrected chi connectivity index (χ3v) is 3.16. The second-order valence-corrected chi connectivity index (χ2v) is 5.22. The summed E-state index contributed by atoms with van der Waals surface area (Å²) in [5, 5.41) is 7.79. The van der Waals surface area contributed by atoms with E-state index in [-0.39, 0.29) is 0 Å². The zero-order valence-corrected chi connectivity index (χ0v) is 11.7. The first-order valence-electron chi connectivity index (χ1n) is 6.83. The topological polar surface area (TPSA) is 29.9 Å². The van der Waals surface area contributed by atoms with Gasteiger partial charge in [0, 0.05) is 25.0 Å². The summed E-state index contributed by atoms with van der Waals surface area (Å²) in [7, 11) is 2.02. The molecule has 1 aromatic heterocycles. The van der Waals surface area contributed by atoms with Gasteiger partial charge in [0.1, 0.15) is 0 Å². The summed E-state index contributed by atoms with van der Waals surface area (Å²) < 4.78 is 1.98. The molecule has 3 nitrogen and oxygen atoms in total. The fourth-order valence-electron chi connectivity index (χ4n) is 2.34. The molecule has 0 bridgehead atoms. The summed E-state index contributed by atoms with van der Waals surface area (Å²) in [6, 6.07) is 2.79. The van der Waals surface area contributed by atoms with E-state index < -0.39 is 0 Å². The Morgan fingerprint density at radius 2 is 2.18 bits per heavy atom. The van der Waals surface area contributed by atoms with Crippen molar-refractivity contribution in [2.75, 3.05) is 6.54 Å². The molecule has 17 heavy (non-hydrogen) atoms. The molecule has 0 spiro atoms. The van der Waals surface area contributed by atoms with E-state index in [1.165, 1.54) is 25.0 Å². The van der Waals surface area contributed by atoms with Crippen LogP contribution in [-0.4, -0.2) is 22.4 Å². The molecule has 0 aliphatic rings. The molecule has 1 aromatic rings. The van der Waals surface area contributed by atoms with E-state index >= 15 is 0 Å². The molecule has 0 amide bonds. The molecule has 0 fully saturated rings. The van der Waals surface area contributed by atoms with E-state index in [4.69, 9.17) is 0 Å². The van der Waals surface area contributed by atoms with E-state index in [9.17, 15) is 0 Å². The van der Waals surface area contributed by atoms with Gasteiger partial charge in [-0.3, -0.25) is 4.68 Å². The van der Waals surface area contributed by atoms with Crippen molar-refractivity contribution in [3.63, 3.8) is 0 Å². The van der Waals surface area contributed by atoms with Crippen molar-refractivity contribution in [3.8, 4) is 0 Å². The van der Waals surface area contributed by atoms with Crippen molar-refractivity contribution in [2.45, 2.75) is 52.5 Å². The van der Waals surface area contributed by atoms with Crippen molar-refractivity contribution >= 4 is 0 Å².